The van der Waals surface area contributed by atoms with Gasteiger partial charge >= 0.3 is 0 Å². The van der Waals surface area contributed by atoms with Gasteiger partial charge in [-0.25, -0.2) is 13.1 Å². The van der Waals surface area contributed by atoms with Crippen molar-refractivity contribution in [2.45, 2.75) is 36.7 Å². The predicted octanol–water partition coefficient (Wildman–Crippen LogP) is 0.128. The third-order valence-corrected chi connectivity index (χ3v) is 5.31. The van der Waals surface area contributed by atoms with Crippen molar-refractivity contribution in [3.05, 3.63) is 18.5 Å². The molecule has 7 nitrogen and oxygen atoms in total. The number of hydrazine groups is 1. The van der Waals surface area contributed by atoms with E-state index in [1.165, 1.54) is 18.5 Å². The van der Waals surface area contributed by atoms with Crippen LogP contribution in [-0.4, -0.2) is 44.0 Å². The summed E-state index contributed by atoms with van der Waals surface area (Å²) >= 11 is 0. The standard InChI is InChI=1S/C12H21N5O2S/c1-9-7-10(4-6-17(9)2)16-20(18,19)12-8-14-5-3-11(12)15-13/h3,5,8-10,16H,4,6-7,13H2,1-2H3,(H,14,15). The Morgan fingerprint density at radius 1 is 1.50 bits per heavy atom. The van der Waals surface area contributed by atoms with Crippen molar-refractivity contribution in [1.82, 2.24) is 14.6 Å². The number of hydrogen-bond donors (Lipinski definition) is 3. The zero-order valence-corrected chi connectivity index (χ0v) is 12.5. The number of piperidine rings is 1. The van der Waals surface area contributed by atoms with E-state index >= 15 is 0 Å². The van der Waals surface area contributed by atoms with Gasteiger partial charge < -0.3 is 10.3 Å². The summed E-state index contributed by atoms with van der Waals surface area (Å²) in [7, 11) is -1.57. The molecule has 112 valence electrons. The Kier molecular flexibility index (Phi) is 4.59. The number of pyridine rings is 1. The highest BCUT2D eigenvalue weighted by Gasteiger charge is 2.28. The molecule has 1 aromatic heterocycles. The molecule has 0 radical (unpaired) electrons. The number of rotatable bonds is 4. The van der Waals surface area contributed by atoms with E-state index in [1.54, 1.807) is 0 Å². The minimum Gasteiger partial charge on any atom is -0.323 e. The Labute approximate surface area is 119 Å². The summed E-state index contributed by atoms with van der Waals surface area (Å²) in [5.74, 6) is 5.34. The molecule has 1 aliphatic heterocycles. The van der Waals surface area contributed by atoms with Crippen molar-refractivity contribution < 1.29 is 8.42 Å². The van der Waals surface area contributed by atoms with Crippen LogP contribution in [0.25, 0.3) is 0 Å². The monoisotopic (exact) mass is 299 g/mol. The van der Waals surface area contributed by atoms with Crippen LogP contribution >= 0.6 is 0 Å². The van der Waals surface area contributed by atoms with Gasteiger partial charge in [0.05, 0.1) is 5.69 Å². The molecule has 1 aromatic rings. The lowest BCUT2D eigenvalue weighted by Gasteiger charge is -2.35. The van der Waals surface area contributed by atoms with Crippen LogP contribution in [0.15, 0.2) is 23.4 Å². The summed E-state index contributed by atoms with van der Waals surface area (Å²) in [5.41, 5.74) is 2.73. The van der Waals surface area contributed by atoms with Gasteiger partial charge in [-0.05, 0) is 39.4 Å². The molecular formula is C12H21N5O2S. The maximum Gasteiger partial charge on any atom is 0.244 e. The van der Waals surface area contributed by atoms with Crippen molar-refractivity contribution in [3.63, 3.8) is 0 Å². The summed E-state index contributed by atoms with van der Waals surface area (Å²) in [6.07, 6.45) is 4.38. The largest absolute Gasteiger partial charge is 0.323 e. The number of anilines is 1. The quantitative estimate of drug-likeness (QED) is 0.540. The van der Waals surface area contributed by atoms with E-state index in [4.69, 9.17) is 5.84 Å². The van der Waals surface area contributed by atoms with Crippen molar-refractivity contribution in [2.24, 2.45) is 5.84 Å². The molecule has 0 saturated carbocycles. The van der Waals surface area contributed by atoms with Gasteiger partial charge in [0.1, 0.15) is 4.90 Å². The average Bonchev–Trinajstić information content (AvgIpc) is 2.42. The molecule has 2 unspecified atom stereocenters. The summed E-state index contributed by atoms with van der Waals surface area (Å²) in [5, 5.41) is 0. The van der Waals surface area contributed by atoms with Crippen molar-refractivity contribution in [1.29, 1.82) is 0 Å². The molecule has 0 spiro atoms. The number of hydrogen-bond acceptors (Lipinski definition) is 6. The fraction of sp³-hybridized carbons (Fsp3) is 0.583. The molecule has 20 heavy (non-hydrogen) atoms. The fourth-order valence-electron chi connectivity index (χ4n) is 2.39. The van der Waals surface area contributed by atoms with E-state index in [0.29, 0.717) is 11.7 Å². The summed E-state index contributed by atoms with van der Waals surface area (Å²) in [6.45, 7) is 2.97. The van der Waals surface area contributed by atoms with Crippen LogP contribution in [0.4, 0.5) is 5.69 Å². The minimum absolute atomic E-state index is 0.0583. The Morgan fingerprint density at radius 2 is 2.25 bits per heavy atom. The molecule has 0 aromatic carbocycles. The molecule has 1 aliphatic rings. The highest BCUT2D eigenvalue weighted by atomic mass is 32.2. The number of nitrogens with two attached hydrogens (primary N) is 1. The van der Waals surface area contributed by atoms with E-state index in [2.05, 4.69) is 27.0 Å². The van der Waals surface area contributed by atoms with Gasteiger partial charge in [0, 0.05) is 24.5 Å². The summed E-state index contributed by atoms with van der Waals surface area (Å²) in [4.78, 5) is 6.16. The van der Waals surface area contributed by atoms with Gasteiger partial charge in [0.2, 0.25) is 10.0 Å². The van der Waals surface area contributed by atoms with Gasteiger partial charge in [-0.15, -0.1) is 0 Å². The number of nitrogens with zero attached hydrogens (tertiary/aromatic N) is 2. The first-order chi connectivity index (χ1) is 9.44. The smallest absolute Gasteiger partial charge is 0.244 e. The summed E-state index contributed by atoms with van der Waals surface area (Å²) in [6, 6.07) is 1.83. The van der Waals surface area contributed by atoms with Crippen LogP contribution in [0.3, 0.4) is 0 Å². The predicted molar refractivity (Wildman–Crippen MR) is 77.5 cm³/mol. The normalized spacial score (nSPS) is 24.6. The third-order valence-electron chi connectivity index (χ3n) is 3.76. The Balaban J connectivity index is 2.15. The lowest BCUT2D eigenvalue weighted by atomic mass is 10.0. The molecular weight excluding hydrogens is 278 g/mol. The Hall–Kier alpha value is -1.22. The second-order valence-electron chi connectivity index (χ2n) is 5.19. The van der Waals surface area contributed by atoms with E-state index in [1.807, 2.05) is 7.05 Å². The first-order valence-corrected chi connectivity index (χ1v) is 8.05. The molecule has 1 saturated heterocycles. The fourth-order valence-corrected chi connectivity index (χ4v) is 3.79. The highest BCUT2D eigenvalue weighted by molar-refractivity contribution is 7.89. The molecule has 0 amide bonds. The lowest BCUT2D eigenvalue weighted by molar-refractivity contribution is 0.178. The minimum atomic E-state index is -3.62. The van der Waals surface area contributed by atoms with Gasteiger partial charge in [-0.2, -0.15) is 0 Å². The molecule has 0 aliphatic carbocycles. The number of sulfonamides is 1. The average molecular weight is 299 g/mol. The molecule has 2 rings (SSSR count). The second kappa shape index (κ2) is 6.04. The first-order valence-electron chi connectivity index (χ1n) is 6.57. The van der Waals surface area contributed by atoms with Crippen LogP contribution in [0.2, 0.25) is 0 Å². The van der Waals surface area contributed by atoms with Crippen LogP contribution in [0.1, 0.15) is 19.8 Å². The number of likely N-dealkylation sites (tertiary alicyclic amines) is 1. The van der Waals surface area contributed by atoms with Crippen molar-refractivity contribution >= 4 is 15.7 Å². The number of nitrogens with one attached hydrogen (secondary N) is 2. The van der Waals surface area contributed by atoms with Gasteiger partial charge in [0.25, 0.3) is 0 Å². The summed E-state index contributed by atoms with van der Waals surface area (Å²) < 4.78 is 27.6. The van der Waals surface area contributed by atoms with E-state index in [-0.39, 0.29) is 10.9 Å². The van der Waals surface area contributed by atoms with Crippen molar-refractivity contribution in [2.75, 3.05) is 19.0 Å². The van der Waals surface area contributed by atoms with E-state index in [0.717, 1.165) is 19.4 Å². The van der Waals surface area contributed by atoms with Gasteiger partial charge in [0.15, 0.2) is 0 Å². The van der Waals surface area contributed by atoms with E-state index < -0.39 is 10.0 Å². The molecule has 1 fully saturated rings. The van der Waals surface area contributed by atoms with Crippen LogP contribution in [0.5, 0.6) is 0 Å². The molecule has 2 atom stereocenters. The lowest BCUT2D eigenvalue weighted by Crippen LogP contribution is -2.47. The molecule has 8 heteroatoms. The van der Waals surface area contributed by atoms with Crippen LogP contribution in [-0.2, 0) is 10.0 Å². The zero-order chi connectivity index (χ0) is 14.8. The maximum absolute atomic E-state index is 12.4. The third kappa shape index (κ3) is 3.26. The van der Waals surface area contributed by atoms with Crippen molar-refractivity contribution in [3.8, 4) is 0 Å². The second-order valence-corrected chi connectivity index (χ2v) is 6.87. The van der Waals surface area contributed by atoms with Gasteiger partial charge in [-0.1, -0.05) is 0 Å². The highest BCUT2D eigenvalue weighted by Crippen LogP contribution is 2.21. The maximum atomic E-state index is 12.4. The zero-order valence-electron chi connectivity index (χ0n) is 11.7. The molecule has 2 heterocycles. The van der Waals surface area contributed by atoms with Gasteiger partial charge in [-0.3, -0.25) is 10.8 Å². The van der Waals surface area contributed by atoms with Crippen LogP contribution in [0, 0.1) is 0 Å². The Bertz CT molecular complexity index is 563. The Morgan fingerprint density at radius 3 is 2.90 bits per heavy atom. The number of aromatic nitrogens is 1. The number of nitrogen functional groups attached to an aromatic ring is 1. The first kappa shape index (κ1) is 15.2. The topological polar surface area (TPSA) is 100 Å². The van der Waals surface area contributed by atoms with Crippen LogP contribution < -0.4 is 16.0 Å². The SMILES string of the molecule is CC1CC(NS(=O)(=O)c2cnccc2NN)CCN1C. The molecule has 4 N–H and O–H groups in total. The molecule has 0 bridgehead atoms. The van der Waals surface area contributed by atoms with E-state index in [9.17, 15) is 8.42 Å².